The summed E-state index contributed by atoms with van der Waals surface area (Å²) >= 11 is 0. The lowest BCUT2D eigenvalue weighted by Gasteiger charge is -2.59. The van der Waals surface area contributed by atoms with Crippen LogP contribution in [-0.4, -0.2) is 82.7 Å². The Bertz CT molecular complexity index is 1670. The van der Waals surface area contributed by atoms with Crippen molar-refractivity contribution in [3.05, 3.63) is 83.5 Å². The van der Waals surface area contributed by atoms with E-state index in [9.17, 15) is 39.9 Å². The van der Waals surface area contributed by atoms with Gasteiger partial charge in [-0.1, -0.05) is 56.4 Å². The van der Waals surface area contributed by atoms with Crippen molar-refractivity contribution in [2.75, 3.05) is 27.4 Å². The van der Waals surface area contributed by atoms with Gasteiger partial charge in [-0.3, -0.25) is 9.59 Å². The number of esters is 1. The molecule has 0 bridgehead atoms. The van der Waals surface area contributed by atoms with Crippen LogP contribution in [0.15, 0.2) is 72.4 Å². The number of aliphatic hydroxyl groups excluding tert-OH is 3. The number of carbonyl (C=O) groups excluding carboxylic acids is 3. The van der Waals surface area contributed by atoms with E-state index in [1.807, 2.05) is 13.0 Å². The number of aliphatic hydroxyl groups is 3. The van der Waals surface area contributed by atoms with Crippen LogP contribution in [0.4, 0.5) is 0 Å². The summed E-state index contributed by atoms with van der Waals surface area (Å²) in [6.07, 6.45) is 9.86. The van der Waals surface area contributed by atoms with E-state index in [0.29, 0.717) is 41.0 Å². The average molecular weight is 719 g/mol. The summed E-state index contributed by atoms with van der Waals surface area (Å²) in [5.74, 6) is -0.157. The first kappa shape index (κ1) is 40.1. The van der Waals surface area contributed by atoms with Crippen molar-refractivity contribution < 1.29 is 54.1 Å². The molecule has 0 spiro atoms. The van der Waals surface area contributed by atoms with Crippen LogP contribution in [-0.2, 0) is 19.1 Å². The third-order valence-corrected chi connectivity index (χ3v) is 10.9. The van der Waals surface area contributed by atoms with Gasteiger partial charge < -0.3 is 39.7 Å². The minimum Gasteiger partial charge on any atom is -0.504 e. The fourth-order valence-electron chi connectivity index (χ4n) is 7.83. The van der Waals surface area contributed by atoms with Crippen molar-refractivity contribution in [2.45, 2.75) is 64.6 Å². The minimum absolute atomic E-state index is 0.00662. The Labute approximate surface area is 304 Å². The molecule has 0 radical (unpaired) electrons. The van der Waals surface area contributed by atoms with Crippen molar-refractivity contribution in [1.29, 1.82) is 0 Å². The van der Waals surface area contributed by atoms with Crippen LogP contribution in [0.5, 0.6) is 23.0 Å². The molecule has 11 nitrogen and oxygen atoms in total. The Morgan fingerprint density at radius 2 is 1.50 bits per heavy atom. The zero-order valence-electron chi connectivity index (χ0n) is 30.2. The first-order valence-corrected chi connectivity index (χ1v) is 17.3. The molecule has 2 aliphatic carbocycles. The molecule has 1 saturated heterocycles. The monoisotopic (exact) mass is 718 g/mol. The van der Waals surface area contributed by atoms with E-state index in [4.69, 9.17) is 14.2 Å². The van der Waals surface area contributed by atoms with Crippen LogP contribution in [0.25, 0.3) is 12.2 Å². The third kappa shape index (κ3) is 9.01. The first-order valence-electron chi connectivity index (χ1n) is 17.3. The van der Waals surface area contributed by atoms with Gasteiger partial charge in [0, 0.05) is 5.41 Å². The Balaban J connectivity index is 0.000000233. The van der Waals surface area contributed by atoms with Gasteiger partial charge in [-0.05, 0) is 96.9 Å². The van der Waals surface area contributed by atoms with E-state index in [0.717, 1.165) is 24.8 Å². The summed E-state index contributed by atoms with van der Waals surface area (Å²) in [4.78, 5) is 35.6. The van der Waals surface area contributed by atoms with Crippen molar-refractivity contribution in [1.82, 2.24) is 0 Å². The summed E-state index contributed by atoms with van der Waals surface area (Å²) in [6, 6.07) is 9.34. The van der Waals surface area contributed by atoms with Crippen LogP contribution in [0.1, 0.15) is 63.5 Å². The second-order valence-corrected chi connectivity index (χ2v) is 14.2. The van der Waals surface area contributed by atoms with Crippen LogP contribution in [0.2, 0.25) is 0 Å². The maximum absolute atomic E-state index is 11.9. The average Bonchev–Trinajstić information content (AvgIpc) is 3.45. The van der Waals surface area contributed by atoms with Gasteiger partial charge in [0.1, 0.15) is 12.7 Å². The van der Waals surface area contributed by atoms with Gasteiger partial charge in [0.2, 0.25) is 0 Å². The van der Waals surface area contributed by atoms with Crippen LogP contribution >= 0.6 is 0 Å². The standard InChI is InChI=1S/C21H20O6.C20H30O5/c1-26-20-11-14(5-9-18(20)24)3-7-16(22)13-17(23)8-4-15-6-10-19(25)21(12-15)27-2;1-12-4-7-16-19(2,9-8-17(23)20(16,3)11-21)14(12)6-5-13-15(22)10-25-18(13)24/h3-12,24-25H,13H2,1-2H3;5,14-17,21-23H,1,4,6-11H2,2-3H3/b7-3+,8-4+;13-5+/t;14-,15-,16+,17-,19+,20+/m.1/s1. The lowest BCUT2D eigenvalue weighted by Crippen LogP contribution is -2.57. The van der Waals surface area contributed by atoms with Crippen molar-refractivity contribution in [2.24, 2.45) is 22.7 Å². The van der Waals surface area contributed by atoms with Crippen LogP contribution in [0, 0.1) is 22.7 Å². The second kappa shape index (κ2) is 17.2. The van der Waals surface area contributed by atoms with E-state index < -0.39 is 23.6 Å². The maximum Gasteiger partial charge on any atom is 0.336 e. The first-order chi connectivity index (χ1) is 24.7. The maximum atomic E-state index is 11.9. The molecule has 52 heavy (non-hydrogen) atoms. The fraction of sp³-hybridized carbons (Fsp3) is 0.439. The van der Waals surface area contributed by atoms with E-state index >= 15 is 0 Å². The topological polar surface area (TPSA) is 180 Å². The molecule has 5 N–H and O–H groups in total. The SMILES string of the molecule is C=C1CC[C@@H]2[C@](C)(CO)[C@H](O)CC[C@@]2(C)[C@@H]1C/C=C1/C(=O)OC[C@H]1O.COc1cc(/C=C/C(=O)CC(=O)/C=C/c2ccc(O)c(OC)c2)ccc1O. The third-order valence-electron chi connectivity index (χ3n) is 10.9. The van der Waals surface area contributed by atoms with Crippen molar-refractivity contribution in [3.63, 3.8) is 0 Å². The lowest BCUT2D eigenvalue weighted by atomic mass is 9.46. The fourth-order valence-corrected chi connectivity index (χ4v) is 7.83. The number of benzene rings is 2. The molecule has 280 valence electrons. The Hall–Kier alpha value is -4.71. The van der Waals surface area contributed by atoms with Gasteiger partial charge in [0.05, 0.1) is 38.9 Å². The zero-order valence-corrected chi connectivity index (χ0v) is 30.2. The number of fused-ring (bicyclic) bond motifs is 1. The van der Waals surface area contributed by atoms with Gasteiger partial charge in [-0.15, -0.1) is 0 Å². The Kier molecular flexibility index (Phi) is 13.3. The second-order valence-electron chi connectivity index (χ2n) is 14.2. The van der Waals surface area contributed by atoms with Gasteiger partial charge in [0.25, 0.3) is 0 Å². The highest BCUT2D eigenvalue weighted by atomic mass is 16.6. The zero-order chi connectivity index (χ0) is 38.2. The summed E-state index contributed by atoms with van der Waals surface area (Å²) in [6.45, 7) is 8.50. The molecule has 0 aromatic heterocycles. The number of hydrogen-bond acceptors (Lipinski definition) is 11. The van der Waals surface area contributed by atoms with Gasteiger partial charge in [0.15, 0.2) is 34.6 Å². The molecule has 11 heteroatoms. The van der Waals surface area contributed by atoms with Crippen molar-refractivity contribution >= 4 is 29.7 Å². The molecule has 2 saturated carbocycles. The number of ketones is 2. The predicted molar refractivity (Wildman–Crippen MR) is 196 cm³/mol. The number of cyclic esters (lactones) is 1. The highest BCUT2D eigenvalue weighted by Gasteiger charge is 2.57. The van der Waals surface area contributed by atoms with Crippen molar-refractivity contribution in [3.8, 4) is 23.0 Å². The number of methoxy groups -OCH3 is 2. The number of rotatable bonds is 11. The Morgan fingerprint density at radius 1 is 0.942 bits per heavy atom. The lowest BCUT2D eigenvalue weighted by molar-refractivity contribution is -0.151. The van der Waals surface area contributed by atoms with E-state index in [2.05, 4.69) is 13.5 Å². The molecular formula is C41H50O11. The number of phenols is 2. The Morgan fingerprint density at radius 3 is 1.98 bits per heavy atom. The quantitative estimate of drug-likeness (QED) is 0.0877. The molecule has 0 amide bonds. The molecule has 3 aliphatic rings. The number of carbonyl (C=O) groups is 3. The predicted octanol–water partition coefficient (Wildman–Crippen LogP) is 5.33. The van der Waals surface area contributed by atoms with Gasteiger partial charge >= 0.3 is 5.97 Å². The smallest absolute Gasteiger partial charge is 0.336 e. The molecule has 5 rings (SSSR count). The van der Waals surface area contributed by atoms with Gasteiger partial charge in [-0.2, -0.15) is 0 Å². The highest BCUT2D eigenvalue weighted by molar-refractivity contribution is 6.10. The molecule has 6 atom stereocenters. The number of allylic oxidation sites excluding steroid dienone is 4. The number of hydrogen-bond donors (Lipinski definition) is 5. The molecular weight excluding hydrogens is 668 g/mol. The normalized spacial score (nSPS) is 27.9. The molecule has 2 aromatic carbocycles. The van der Waals surface area contributed by atoms with Gasteiger partial charge in [-0.25, -0.2) is 4.79 Å². The summed E-state index contributed by atoms with van der Waals surface area (Å²) in [5, 5.41) is 49.5. The van der Waals surface area contributed by atoms with Crippen LogP contribution < -0.4 is 9.47 Å². The minimum atomic E-state index is -0.844. The number of aromatic hydroxyl groups is 2. The van der Waals surface area contributed by atoms with E-state index in [1.54, 1.807) is 36.4 Å². The largest absolute Gasteiger partial charge is 0.504 e. The molecule has 1 aliphatic heterocycles. The highest BCUT2D eigenvalue weighted by Crippen LogP contribution is 2.61. The summed E-state index contributed by atoms with van der Waals surface area (Å²) in [5.41, 5.74) is 2.24. The number of ether oxygens (including phenoxy) is 3. The molecule has 2 aromatic rings. The summed E-state index contributed by atoms with van der Waals surface area (Å²) < 4.78 is 14.9. The van der Waals surface area contributed by atoms with E-state index in [1.165, 1.54) is 38.5 Å². The van der Waals surface area contributed by atoms with Crippen LogP contribution in [0.3, 0.4) is 0 Å². The van der Waals surface area contributed by atoms with E-state index in [-0.39, 0.29) is 60.0 Å². The summed E-state index contributed by atoms with van der Waals surface area (Å²) in [7, 11) is 2.87. The number of phenolic OH excluding ortho intramolecular Hbond substituents is 2. The molecule has 0 unspecified atom stereocenters. The molecule has 3 fully saturated rings. The molecule has 1 heterocycles.